The predicted molar refractivity (Wildman–Crippen MR) is 141 cm³/mol. The number of anilines is 1. The topological polar surface area (TPSA) is 354 Å². The standard InChI is InChI=1S/C18H22N7O16P3/c19-5-8-3-9(25(28)29)1-2-10(8)17(27)39-11-4-13(24-7-21-14-15(24)22-18(20)23-16(14)26)38-12(11)6-37-43(33,34)41-44(35,36)40-42(30,31)32/h1-3,7,11-13H,4-6,19H2,(H,33,34)(H,35,36)(H2,30,31,32)(H3,20,22,23,26)/t11-,12?,13-/m1/s1. The van der Waals surface area contributed by atoms with E-state index in [1.165, 1.54) is 4.57 Å². The average molecular weight is 685 g/mol. The van der Waals surface area contributed by atoms with E-state index < -0.39 is 65.0 Å². The number of fused-ring (bicyclic) bond motifs is 1. The van der Waals surface area contributed by atoms with Crippen LogP contribution in [0.15, 0.2) is 29.3 Å². The number of benzene rings is 1. The molecule has 2 aromatic heterocycles. The lowest BCUT2D eigenvalue weighted by Crippen LogP contribution is -2.31. The van der Waals surface area contributed by atoms with Crippen LogP contribution in [0, 0.1) is 10.1 Å². The maximum Gasteiger partial charge on any atom is 0.490 e. The first-order valence-corrected chi connectivity index (χ1v) is 16.2. The van der Waals surface area contributed by atoms with Gasteiger partial charge in [0.05, 0.1) is 23.4 Å². The molecule has 1 fully saturated rings. The average Bonchev–Trinajstić information content (AvgIpc) is 3.48. The Morgan fingerprint density at radius 3 is 2.55 bits per heavy atom. The molecular weight excluding hydrogens is 663 g/mol. The number of phosphoric ester groups is 1. The number of nitrogens with two attached hydrogens (primary N) is 2. The second kappa shape index (κ2) is 12.5. The maximum absolute atomic E-state index is 13.1. The third-order valence-electron chi connectivity index (χ3n) is 5.76. The highest BCUT2D eigenvalue weighted by atomic mass is 31.3. The van der Waals surface area contributed by atoms with E-state index in [9.17, 15) is 43.2 Å². The zero-order valence-corrected chi connectivity index (χ0v) is 24.3. The summed E-state index contributed by atoms with van der Waals surface area (Å²) in [6, 6.07) is 3.18. The van der Waals surface area contributed by atoms with Crippen LogP contribution < -0.4 is 17.0 Å². The van der Waals surface area contributed by atoms with Gasteiger partial charge >= 0.3 is 29.4 Å². The SMILES string of the molecule is NCc1cc([N+](=O)[O-])ccc1C(=O)O[C@@H]1C[C@H](n2cnc3c(=O)[nH]c(N)nc32)OC1COP(=O)(O)OP(=O)(O)OP(=O)(O)O. The van der Waals surface area contributed by atoms with Gasteiger partial charge in [-0.1, -0.05) is 0 Å². The lowest BCUT2D eigenvalue weighted by molar-refractivity contribution is -0.384. The molecule has 3 unspecified atom stereocenters. The Morgan fingerprint density at radius 2 is 1.91 bits per heavy atom. The Bertz CT molecular complexity index is 1810. The Labute approximate surface area is 243 Å². The number of nitrogens with one attached hydrogen (secondary N) is 1. The van der Waals surface area contributed by atoms with Gasteiger partial charge in [0, 0.05) is 25.1 Å². The van der Waals surface area contributed by atoms with Crippen molar-refractivity contribution in [1.82, 2.24) is 19.5 Å². The van der Waals surface area contributed by atoms with Crippen molar-refractivity contribution in [2.24, 2.45) is 5.73 Å². The first kappa shape index (κ1) is 33.5. The fourth-order valence-electron chi connectivity index (χ4n) is 4.03. The van der Waals surface area contributed by atoms with E-state index in [1.54, 1.807) is 0 Å². The number of aromatic amines is 1. The highest BCUT2D eigenvalue weighted by Gasteiger charge is 2.44. The molecule has 0 saturated carbocycles. The summed E-state index contributed by atoms with van der Waals surface area (Å²) >= 11 is 0. The highest BCUT2D eigenvalue weighted by molar-refractivity contribution is 7.66. The number of nitrogen functional groups attached to an aromatic ring is 1. The number of imidazole rings is 1. The minimum Gasteiger partial charge on any atom is -0.456 e. The number of nitro groups is 1. The number of hydrogen-bond acceptors (Lipinski definition) is 16. The van der Waals surface area contributed by atoms with Gasteiger partial charge in [0.15, 0.2) is 11.2 Å². The molecule has 0 radical (unpaired) electrons. The normalized spacial score (nSPS) is 21.5. The Hall–Kier alpha value is -3.43. The molecule has 1 aliphatic rings. The molecule has 0 aliphatic carbocycles. The minimum absolute atomic E-state index is 0.0454. The van der Waals surface area contributed by atoms with Crippen molar-refractivity contribution in [3.8, 4) is 0 Å². The number of rotatable bonds is 12. The van der Waals surface area contributed by atoms with E-state index in [4.69, 9.17) is 30.7 Å². The van der Waals surface area contributed by atoms with Gasteiger partial charge in [-0.3, -0.25) is 29.0 Å². The number of hydrogen-bond donors (Lipinski definition) is 7. The fraction of sp³-hybridized carbons (Fsp3) is 0.333. The van der Waals surface area contributed by atoms with Crippen molar-refractivity contribution in [2.45, 2.75) is 31.4 Å². The molecule has 0 spiro atoms. The second-order valence-corrected chi connectivity index (χ2v) is 13.2. The van der Waals surface area contributed by atoms with E-state index in [0.29, 0.717) is 0 Å². The first-order valence-electron chi connectivity index (χ1n) is 11.7. The molecule has 1 aromatic carbocycles. The van der Waals surface area contributed by atoms with E-state index in [1.807, 2.05) is 0 Å². The largest absolute Gasteiger partial charge is 0.490 e. The molecule has 9 N–H and O–H groups in total. The van der Waals surface area contributed by atoms with Gasteiger partial charge in [-0.15, -0.1) is 0 Å². The molecule has 23 nitrogen and oxygen atoms in total. The number of esters is 1. The third kappa shape index (κ3) is 7.99. The fourth-order valence-corrected chi connectivity index (χ4v) is 7.06. The molecule has 1 saturated heterocycles. The van der Waals surface area contributed by atoms with E-state index in [-0.39, 0.29) is 46.9 Å². The van der Waals surface area contributed by atoms with Crippen molar-refractivity contribution >= 4 is 52.2 Å². The summed E-state index contributed by atoms with van der Waals surface area (Å²) in [5.74, 6) is -1.32. The van der Waals surface area contributed by atoms with Crippen molar-refractivity contribution in [2.75, 3.05) is 12.3 Å². The molecule has 1 aliphatic heterocycles. The number of non-ortho nitro benzene ring substituents is 1. The molecule has 4 rings (SSSR count). The summed E-state index contributed by atoms with van der Waals surface area (Å²) in [5.41, 5.74) is 9.88. The number of ether oxygens (including phenoxy) is 2. The summed E-state index contributed by atoms with van der Waals surface area (Å²) in [5, 5.41) is 11.1. The van der Waals surface area contributed by atoms with Crippen LogP contribution >= 0.6 is 23.5 Å². The summed E-state index contributed by atoms with van der Waals surface area (Å²) in [7, 11) is -17.1. The number of phosphoric acid groups is 3. The van der Waals surface area contributed by atoms with E-state index in [0.717, 1.165) is 24.5 Å². The Balaban J connectivity index is 1.60. The summed E-state index contributed by atoms with van der Waals surface area (Å²) < 4.78 is 59.4. The molecule has 240 valence electrons. The zero-order valence-electron chi connectivity index (χ0n) is 21.6. The maximum atomic E-state index is 13.1. The van der Waals surface area contributed by atoms with Crippen molar-refractivity contribution in [3.63, 3.8) is 0 Å². The first-order chi connectivity index (χ1) is 20.4. The van der Waals surface area contributed by atoms with Gasteiger partial charge < -0.3 is 40.5 Å². The molecular formula is C18H22N7O16P3. The lowest BCUT2D eigenvalue weighted by Gasteiger charge is -2.21. The number of nitrogens with zero attached hydrogens (tertiary/aromatic N) is 4. The second-order valence-electron chi connectivity index (χ2n) is 8.77. The van der Waals surface area contributed by atoms with Crippen LogP contribution in [-0.2, 0) is 42.9 Å². The van der Waals surface area contributed by atoms with Gasteiger partial charge in [-0.2, -0.15) is 13.6 Å². The summed E-state index contributed by atoms with van der Waals surface area (Å²) in [6.07, 6.45) is -3.07. The number of carbonyl (C=O) groups excluding carboxylic acids is 1. The summed E-state index contributed by atoms with van der Waals surface area (Å²) in [4.78, 5) is 82.5. The van der Waals surface area contributed by atoms with Gasteiger partial charge in [-0.05, 0) is 11.6 Å². The smallest absolute Gasteiger partial charge is 0.456 e. The molecule has 3 aromatic rings. The minimum atomic E-state index is -5.84. The Kier molecular flexibility index (Phi) is 9.52. The molecule has 26 heteroatoms. The van der Waals surface area contributed by atoms with Gasteiger partial charge in [0.2, 0.25) is 5.95 Å². The van der Waals surface area contributed by atoms with Crippen molar-refractivity contribution in [1.29, 1.82) is 0 Å². The monoisotopic (exact) mass is 685 g/mol. The van der Waals surface area contributed by atoms with Crippen molar-refractivity contribution in [3.05, 3.63) is 56.1 Å². The number of carbonyl (C=O) groups is 1. The number of aromatic nitrogens is 4. The van der Waals surface area contributed by atoms with Gasteiger partial charge in [0.25, 0.3) is 11.2 Å². The number of nitro benzene ring substituents is 1. The molecule has 3 heterocycles. The molecule has 0 amide bonds. The van der Waals surface area contributed by atoms with Crippen LogP contribution in [0.2, 0.25) is 0 Å². The van der Waals surface area contributed by atoms with E-state index in [2.05, 4.69) is 28.1 Å². The van der Waals surface area contributed by atoms with Crippen LogP contribution in [0.1, 0.15) is 28.6 Å². The Morgan fingerprint density at radius 1 is 1.20 bits per heavy atom. The molecule has 0 bridgehead atoms. The van der Waals surface area contributed by atoms with Gasteiger partial charge in [-0.25, -0.2) is 23.5 Å². The molecule has 5 atom stereocenters. The van der Waals surface area contributed by atoms with Crippen LogP contribution in [0.4, 0.5) is 11.6 Å². The summed E-state index contributed by atoms with van der Waals surface area (Å²) in [6.45, 7) is -1.31. The van der Waals surface area contributed by atoms with E-state index >= 15 is 0 Å². The van der Waals surface area contributed by atoms with Crippen LogP contribution in [-0.4, -0.2) is 68.8 Å². The molecule has 44 heavy (non-hydrogen) atoms. The van der Waals surface area contributed by atoms with Crippen LogP contribution in [0.5, 0.6) is 0 Å². The van der Waals surface area contributed by atoms with Crippen molar-refractivity contribution < 1.29 is 65.6 Å². The highest BCUT2D eigenvalue weighted by Crippen LogP contribution is 2.66. The quantitative estimate of drug-likeness (QED) is 0.0567. The van der Waals surface area contributed by atoms with Crippen LogP contribution in [0.3, 0.4) is 0 Å². The van der Waals surface area contributed by atoms with Gasteiger partial charge in [0.1, 0.15) is 18.4 Å². The number of H-pyrrole nitrogens is 1. The zero-order chi connectivity index (χ0) is 32.6. The third-order valence-corrected chi connectivity index (χ3v) is 9.56. The van der Waals surface area contributed by atoms with Crippen LogP contribution in [0.25, 0.3) is 11.2 Å². The predicted octanol–water partition coefficient (Wildman–Crippen LogP) is -0.0749. The lowest BCUT2D eigenvalue weighted by atomic mass is 10.1.